The topological polar surface area (TPSA) is 46.2 Å². The lowest BCUT2D eigenvalue weighted by atomic mass is 10.0. The third-order valence-corrected chi connectivity index (χ3v) is 5.51. The van der Waals surface area contributed by atoms with Crippen LogP contribution in [0.5, 0.6) is 0 Å². The Hall–Kier alpha value is -0.650. The van der Waals surface area contributed by atoms with Crippen LogP contribution in [0.15, 0.2) is 41.3 Å². The van der Waals surface area contributed by atoms with Crippen molar-refractivity contribution in [2.24, 2.45) is 0 Å². The molecule has 1 N–H and O–H groups in total. The second kappa shape index (κ2) is 5.55. The summed E-state index contributed by atoms with van der Waals surface area (Å²) in [4.78, 5) is 0.477. The lowest BCUT2D eigenvalue weighted by Gasteiger charge is -2.24. The van der Waals surface area contributed by atoms with Crippen LogP contribution in [0.4, 0.5) is 0 Å². The third kappa shape index (κ3) is 3.22. The van der Waals surface area contributed by atoms with Crippen molar-refractivity contribution < 1.29 is 8.42 Å². The molecule has 0 radical (unpaired) electrons. The molecule has 0 bridgehead atoms. The number of alkyl halides is 1. The molecule has 2 atom stereocenters. The van der Waals surface area contributed by atoms with Crippen LogP contribution in [-0.2, 0) is 10.0 Å². The average Bonchev–Trinajstić information content (AvgIpc) is 2.32. The Morgan fingerprint density at radius 1 is 1.17 bits per heavy atom. The van der Waals surface area contributed by atoms with Crippen LogP contribution in [0.2, 0.25) is 0 Å². The predicted octanol–water partition coefficient (Wildman–Crippen LogP) is 2.76. The van der Waals surface area contributed by atoms with E-state index in [1.165, 1.54) is 0 Å². The molecule has 0 heterocycles. The lowest BCUT2D eigenvalue weighted by molar-refractivity contribution is 0.533. The summed E-state index contributed by atoms with van der Waals surface area (Å²) >= 11 is 3.51. The molecule has 0 unspecified atom stereocenters. The van der Waals surface area contributed by atoms with Gasteiger partial charge in [0.25, 0.3) is 0 Å². The molecule has 0 fully saturated rings. The smallest absolute Gasteiger partial charge is 0.207 e. The quantitative estimate of drug-likeness (QED) is 0.684. The van der Waals surface area contributed by atoms with Crippen LogP contribution in [-0.4, -0.2) is 19.3 Å². The summed E-state index contributed by atoms with van der Waals surface area (Å²) in [5.41, 5.74) is 1.05. The second-order valence-electron chi connectivity index (χ2n) is 4.50. The number of benzene rings is 1. The van der Waals surface area contributed by atoms with Crippen LogP contribution >= 0.6 is 15.9 Å². The molecule has 0 aliphatic heterocycles. The second-order valence-corrected chi connectivity index (χ2v) is 7.39. The van der Waals surface area contributed by atoms with Crippen molar-refractivity contribution in [2.75, 3.05) is 0 Å². The van der Waals surface area contributed by atoms with Gasteiger partial charge in [-0.2, -0.15) is 0 Å². The Kier molecular flexibility index (Phi) is 4.25. The maximum atomic E-state index is 12.2. The Morgan fingerprint density at radius 3 is 2.39 bits per heavy atom. The van der Waals surface area contributed by atoms with Crippen molar-refractivity contribution in [1.82, 2.24) is 4.72 Å². The molecule has 0 spiro atoms. The van der Waals surface area contributed by atoms with Gasteiger partial charge >= 0.3 is 0 Å². The first-order valence-corrected chi connectivity index (χ1v) is 8.27. The van der Waals surface area contributed by atoms with Gasteiger partial charge in [0.2, 0.25) is 10.0 Å². The summed E-state index contributed by atoms with van der Waals surface area (Å²) in [6, 6.07) is 6.81. The molecule has 0 saturated heterocycles. The van der Waals surface area contributed by atoms with E-state index >= 15 is 0 Å². The first-order valence-electron chi connectivity index (χ1n) is 5.87. The zero-order valence-corrected chi connectivity index (χ0v) is 12.5. The van der Waals surface area contributed by atoms with Crippen molar-refractivity contribution >= 4 is 26.0 Å². The summed E-state index contributed by atoms with van der Waals surface area (Å²) in [6.07, 6.45) is 5.65. The fourth-order valence-corrected chi connectivity index (χ4v) is 3.92. The molecule has 1 aromatic carbocycles. The van der Waals surface area contributed by atoms with E-state index in [2.05, 4.69) is 26.7 Å². The van der Waals surface area contributed by atoms with E-state index in [1.54, 1.807) is 24.3 Å². The number of aryl methyl sites for hydroxylation is 1. The first kappa shape index (κ1) is 13.8. The Morgan fingerprint density at radius 2 is 1.78 bits per heavy atom. The van der Waals surface area contributed by atoms with Gasteiger partial charge in [-0.1, -0.05) is 45.8 Å². The molecule has 1 aliphatic rings. The van der Waals surface area contributed by atoms with Gasteiger partial charge in [0.15, 0.2) is 0 Å². The molecule has 0 saturated carbocycles. The largest absolute Gasteiger partial charge is 0.240 e. The minimum Gasteiger partial charge on any atom is -0.207 e. The minimum absolute atomic E-state index is 0.0821. The number of nitrogens with one attached hydrogen (secondary N) is 1. The van der Waals surface area contributed by atoms with Crippen LogP contribution in [0.25, 0.3) is 0 Å². The van der Waals surface area contributed by atoms with Gasteiger partial charge in [-0.3, -0.25) is 0 Å². The van der Waals surface area contributed by atoms with E-state index in [-0.39, 0.29) is 10.9 Å². The normalized spacial score (nSPS) is 24.1. The molecule has 2 rings (SSSR count). The van der Waals surface area contributed by atoms with Crippen molar-refractivity contribution in [3.8, 4) is 0 Å². The number of halogens is 1. The zero-order chi connectivity index (χ0) is 13.2. The molecule has 3 nitrogen and oxygen atoms in total. The fourth-order valence-electron chi connectivity index (χ4n) is 1.89. The molecule has 0 aromatic heterocycles. The first-order chi connectivity index (χ1) is 8.49. The van der Waals surface area contributed by atoms with Gasteiger partial charge in [-0.15, -0.1) is 0 Å². The summed E-state index contributed by atoms with van der Waals surface area (Å²) < 4.78 is 27.2. The maximum absolute atomic E-state index is 12.2. The highest BCUT2D eigenvalue weighted by Gasteiger charge is 2.25. The highest BCUT2D eigenvalue weighted by atomic mass is 79.9. The molecular weight excluding hydrogens is 314 g/mol. The van der Waals surface area contributed by atoms with Gasteiger partial charge in [-0.05, 0) is 31.9 Å². The number of hydrogen-bond donors (Lipinski definition) is 1. The van der Waals surface area contributed by atoms with E-state index in [4.69, 9.17) is 0 Å². The fraction of sp³-hybridized carbons (Fsp3) is 0.385. The standard InChI is InChI=1S/C13H16BrNO2S/c1-10-6-8-11(9-7-10)18(16,17)15-13-5-3-2-4-12(13)14/h2-3,6-9,12-13,15H,4-5H2,1H3/t12-,13+/m1/s1. The van der Waals surface area contributed by atoms with Crippen LogP contribution in [0, 0.1) is 6.92 Å². The Bertz CT molecular complexity index is 537. The van der Waals surface area contributed by atoms with Crippen molar-refractivity contribution in [1.29, 1.82) is 0 Å². The van der Waals surface area contributed by atoms with E-state index in [0.29, 0.717) is 4.90 Å². The number of rotatable bonds is 3. The highest BCUT2D eigenvalue weighted by Crippen LogP contribution is 2.21. The molecule has 18 heavy (non-hydrogen) atoms. The number of hydrogen-bond acceptors (Lipinski definition) is 2. The minimum atomic E-state index is -3.42. The third-order valence-electron chi connectivity index (χ3n) is 2.99. The lowest BCUT2D eigenvalue weighted by Crippen LogP contribution is -2.41. The van der Waals surface area contributed by atoms with E-state index in [0.717, 1.165) is 18.4 Å². The highest BCUT2D eigenvalue weighted by molar-refractivity contribution is 9.09. The van der Waals surface area contributed by atoms with E-state index in [1.807, 2.05) is 13.0 Å². The molecule has 5 heteroatoms. The van der Waals surface area contributed by atoms with Gasteiger partial charge in [0.05, 0.1) is 4.90 Å². The maximum Gasteiger partial charge on any atom is 0.240 e. The van der Waals surface area contributed by atoms with Crippen molar-refractivity contribution in [3.05, 3.63) is 42.0 Å². The molecule has 1 aromatic rings. The summed E-state index contributed by atoms with van der Waals surface area (Å²) in [5, 5.41) is 0. The van der Waals surface area contributed by atoms with Gasteiger partial charge < -0.3 is 0 Å². The van der Waals surface area contributed by atoms with Gasteiger partial charge in [0, 0.05) is 10.9 Å². The zero-order valence-electron chi connectivity index (χ0n) is 10.1. The summed E-state index contributed by atoms with van der Waals surface area (Å²) in [5.74, 6) is 0. The van der Waals surface area contributed by atoms with Gasteiger partial charge in [0.1, 0.15) is 0 Å². The predicted molar refractivity (Wildman–Crippen MR) is 76.4 cm³/mol. The average molecular weight is 330 g/mol. The molecule has 98 valence electrons. The summed E-state index contributed by atoms with van der Waals surface area (Å²) in [6.45, 7) is 1.93. The van der Waals surface area contributed by atoms with Crippen LogP contribution in [0.3, 0.4) is 0 Å². The SMILES string of the molecule is Cc1ccc(S(=O)(=O)N[C@H]2CC=CC[C@H]2Br)cc1. The van der Waals surface area contributed by atoms with Crippen LogP contribution in [0.1, 0.15) is 18.4 Å². The van der Waals surface area contributed by atoms with Crippen LogP contribution < -0.4 is 4.72 Å². The molecule has 1 aliphatic carbocycles. The Labute approximate surface area is 116 Å². The summed E-state index contributed by atoms with van der Waals surface area (Å²) in [7, 11) is -3.42. The molecular formula is C13H16BrNO2S. The van der Waals surface area contributed by atoms with Crippen molar-refractivity contribution in [2.45, 2.75) is 35.5 Å². The molecule has 0 amide bonds. The number of sulfonamides is 1. The van der Waals surface area contributed by atoms with E-state index < -0.39 is 10.0 Å². The number of allylic oxidation sites excluding steroid dienone is 1. The van der Waals surface area contributed by atoms with E-state index in [9.17, 15) is 8.42 Å². The monoisotopic (exact) mass is 329 g/mol. The van der Waals surface area contributed by atoms with Gasteiger partial charge in [-0.25, -0.2) is 13.1 Å². The van der Waals surface area contributed by atoms with Crippen molar-refractivity contribution in [3.63, 3.8) is 0 Å². The Balaban J connectivity index is 2.16.